The number of halogens is 1. The zero-order chi connectivity index (χ0) is 14.5. The van der Waals surface area contributed by atoms with Crippen LogP contribution >= 0.6 is 12.4 Å². The molecule has 114 valence electrons. The van der Waals surface area contributed by atoms with Crippen LogP contribution in [0.15, 0.2) is 24.3 Å². The molecule has 4 heteroatoms. The summed E-state index contributed by atoms with van der Waals surface area (Å²) in [5.74, 6) is 0.0774. The van der Waals surface area contributed by atoms with Gasteiger partial charge in [0.15, 0.2) is 0 Å². The summed E-state index contributed by atoms with van der Waals surface area (Å²) >= 11 is 0. The lowest BCUT2D eigenvalue weighted by atomic mass is 9.80. The van der Waals surface area contributed by atoms with E-state index in [0.29, 0.717) is 13.0 Å². The second-order valence-electron chi connectivity index (χ2n) is 6.12. The number of amides is 1. The van der Waals surface area contributed by atoms with Crippen molar-refractivity contribution in [2.75, 3.05) is 6.54 Å². The second-order valence-corrected chi connectivity index (χ2v) is 6.12. The van der Waals surface area contributed by atoms with Gasteiger partial charge in [-0.25, -0.2) is 0 Å². The molecule has 1 rings (SSSR count). The Balaban J connectivity index is 0.00000361. The number of nitrogens with two attached hydrogens (primary N) is 1. The molecule has 0 heterocycles. The number of nitrogens with one attached hydrogen (secondary N) is 1. The first kappa shape index (κ1) is 18.9. The highest BCUT2D eigenvalue weighted by Crippen LogP contribution is 2.34. The molecule has 1 aromatic rings. The van der Waals surface area contributed by atoms with Crippen molar-refractivity contribution >= 4 is 18.3 Å². The maximum atomic E-state index is 12.0. The molecule has 1 amide bonds. The molecule has 0 aliphatic carbocycles. The monoisotopic (exact) mass is 298 g/mol. The molecule has 0 aromatic heterocycles. The summed E-state index contributed by atoms with van der Waals surface area (Å²) in [5, 5.41) is 3.15. The Labute approximate surface area is 128 Å². The first-order valence-corrected chi connectivity index (χ1v) is 6.91. The minimum Gasteiger partial charge on any atom is -0.349 e. The molecular weight excluding hydrogens is 272 g/mol. The Kier molecular flexibility index (Phi) is 7.84. The highest BCUT2D eigenvalue weighted by molar-refractivity contribution is 5.85. The summed E-state index contributed by atoms with van der Waals surface area (Å²) < 4.78 is 0. The van der Waals surface area contributed by atoms with E-state index < -0.39 is 0 Å². The first-order chi connectivity index (χ1) is 8.86. The zero-order valence-corrected chi connectivity index (χ0v) is 13.7. The maximum Gasteiger partial charge on any atom is 0.220 e. The topological polar surface area (TPSA) is 55.1 Å². The summed E-state index contributed by atoms with van der Waals surface area (Å²) in [5.41, 5.74) is 7.83. The highest BCUT2D eigenvalue weighted by Gasteiger charge is 2.28. The van der Waals surface area contributed by atoms with E-state index in [0.717, 1.165) is 6.42 Å². The molecule has 0 radical (unpaired) electrons. The average molecular weight is 299 g/mol. The molecular formula is C16H27ClN2O. The summed E-state index contributed by atoms with van der Waals surface area (Å²) in [6.45, 7) is 9.08. The van der Waals surface area contributed by atoms with Crippen molar-refractivity contribution in [3.05, 3.63) is 35.4 Å². The number of carbonyl (C=O) groups is 1. The molecule has 0 saturated carbocycles. The van der Waals surface area contributed by atoms with E-state index in [4.69, 9.17) is 5.73 Å². The van der Waals surface area contributed by atoms with E-state index in [-0.39, 0.29) is 29.8 Å². The van der Waals surface area contributed by atoms with Gasteiger partial charge in [0.25, 0.3) is 0 Å². The Morgan fingerprint density at radius 1 is 1.30 bits per heavy atom. The molecule has 0 aliphatic rings. The van der Waals surface area contributed by atoms with E-state index in [1.165, 1.54) is 11.1 Å². The Morgan fingerprint density at radius 3 is 2.40 bits per heavy atom. The quantitative estimate of drug-likeness (QED) is 0.876. The van der Waals surface area contributed by atoms with Crippen molar-refractivity contribution in [2.24, 2.45) is 11.1 Å². The van der Waals surface area contributed by atoms with Crippen LogP contribution in [0.3, 0.4) is 0 Å². The van der Waals surface area contributed by atoms with E-state index in [1.54, 1.807) is 0 Å². The molecule has 1 aromatic carbocycles. The second kappa shape index (κ2) is 8.28. The van der Waals surface area contributed by atoms with Crippen LogP contribution < -0.4 is 11.1 Å². The van der Waals surface area contributed by atoms with Crippen molar-refractivity contribution in [2.45, 2.75) is 46.6 Å². The average Bonchev–Trinajstić information content (AvgIpc) is 2.33. The lowest BCUT2D eigenvalue weighted by molar-refractivity contribution is -0.122. The molecule has 0 bridgehead atoms. The van der Waals surface area contributed by atoms with Gasteiger partial charge in [0, 0.05) is 6.42 Å². The van der Waals surface area contributed by atoms with Gasteiger partial charge in [-0.2, -0.15) is 0 Å². The van der Waals surface area contributed by atoms with Crippen LogP contribution in [0.25, 0.3) is 0 Å². The standard InChI is InChI=1S/C16H26N2O.ClH/c1-12-8-5-6-9-13(12)15(16(2,3)4)18-14(19)10-7-11-17;/h5-6,8-9,15H,7,10-11,17H2,1-4H3,(H,18,19);1H. The third kappa shape index (κ3) is 5.51. The molecule has 0 spiro atoms. The van der Waals surface area contributed by atoms with E-state index in [2.05, 4.69) is 45.1 Å². The smallest absolute Gasteiger partial charge is 0.220 e. The first-order valence-electron chi connectivity index (χ1n) is 6.91. The fourth-order valence-corrected chi connectivity index (χ4v) is 2.17. The summed E-state index contributed by atoms with van der Waals surface area (Å²) in [7, 11) is 0. The number of rotatable bonds is 5. The third-order valence-electron chi connectivity index (χ3n) is 3.28. The Bertz CT molecular complexity index is 427. The van der Waals surface area contributed by atoms with Crippen LogP contribution in [0.5, 0.6) is 0 Å². The largest absolute Gasteiger partial charge is 0.349 e. The van der Waals surface area contributed by atoms with Crippen molar-refractivity contribution < 1.29 is 4.79 Å². The number of hydrogen-bond acceptors (Lipinski definition) is 2. The normalized spacial score (nSPS) is 12.4. The molecule has 1 unspecified atom stereocenters. The fourth-order valence-electron chi connectivity index (χ4n) is 2.17. The van der Waals surface area contributed by atoms with Gasteiger partial charge < -0.3 is 11.1 Å². The SMILES string of the molecule is Cc1ccccc1C(NC(=O)CCCN)C(C)(C)C.Cl. The van der Waals surface area contributed by atoms with Gasteiger partial charge in [-0.05, 0) is 36.4 Å². The summed E-state index contributed by atoms with van der Waals surface area (Å²) in [4.78, 5) is 12.0. The highest BCUT2D eigenvalue weighted by atomic mass is 35.5. The molecule has 0 aliphatic heterocycles. The van der Waals surface area contributed by atoms with Crippen LogP contribution in [-0.4, -0.2) is 12.5 Å². The number of aryl methyl sites for hydroxylation is 1. The van der Waals surface area contributed by atoms with E-state index in [1.807, 2.05) is 12.1 Å². The van der Waals surface area contributed by atoms with Crippen LogP contribution in [-0.2, 0) is 4.79 Å². The van der Waals surface area contributed by atoms with Crippen molar-refractivity contribution in [3.8, 4) is 0 Å². The van der Waals surface area contributed by atoms with Gasteiger partial charge in [-0.15, -0.1) is 12.4 Å². The van der Waals surface area contributed by atoms with Crippen LogP contribution in [0.4, 0.5) is 0 Å². The van der Waals surface area contributed by atoms with E-state index >= 15 is 0 Å². The summed E-state index contributed by atoms with van der Waals surface area (Å²) in [6, 6.07) is 8.25. The predicted molar refractivity (Wildman–Crippen MR) is 87.1 cm³/mol. The van der Waals surface area contributed by atoms with Gasteiger partial charge in [0.1, 0.15) is 0 Å². The van der Waals surface area contributed by atoms with Crippen molar-refractivity contribution in [3.63, 3.8) is 0 Å². The van der Waals surface area contributed by atoms with E-state index in [9.17, 15) is 4.79 Å². The zero-order valence-electron chi connectivity index (χ0n) is 12.9. The predicted octanol–water partition coefficient (Wildman–Crippen LogP) is 3.36. The maximum absolute atomic E-state index is 12.0. The molecule has 3 N–H and O–H groups in total. The third-order valence-corrected chi connectivity index (χ3v) is 3.28. The van der Waals surface area contributed by atoms with Gasteiger partial charge in [-0.3, -0.25) is 4.79 Å². The molecule has 0 fully saturated rings. The lowest BCUT2D eigenvalue weighted by Crippen LogP contribution is -2.37. The lowest BCUT2D eigenvalue weighted by Gasteiger charge is -2.33. The molecule has 20 heavy (non-hydrogen) atoms. The van der Waals surface area contributed by atoms with Crippen molar-refractivity contribution in [1.29, 1.82) is 0 Å². The number of hydrogen-bond donors (Lipinski definition) is 2. The minimum absolute atomic E-state index is 0. The number of benzene rings is 1. The molecule has 0 saturated heterocycles. The fraction of sp³-hybridized carbons (Fsp3) is 0.562. The minimum atomic E-state index is -0.0233. The van der Waals surface area contributed by atoms with Crippen LogP contribution in [0.2, 0.25) is 0 Å². The Hall–Kier alpha value is -1.06. The Morgan fingerprint density at radius 2 is 1.90 bits per heavy atom. The van der Waals surface area contributed by atoms with Crippen LogP contribution in [0.1, 0.15) is 50.8 Å². The van der Waals surface area contributed by atoms with Gasteiger partial charge >= 0.3 is 0 Å². The van der Waals surface area contributed by atoms with Crippen LogP contribution in [0, 0.1) is 12.3 Å². The van der Waals surface area contributed by atoms with Gasteiger partial charge in [0.05, 0.1) is 6.04 Å². The summed E-state index contributed by atoms with van der Waals surface area (Å²) in [6.07, 6.45) is 1.23. The number of carbonyl (C=O) groups excluding carboxylic acids is 1. The van der Waals surface area contributed by atoms with Gasteiger partial charge in [0.2, 0.25) is 5.91 Å². The molecule has 3 nitrogen and oxygen atoms in total. The van der Waals surface area contributed by atoms with Crippen molar-refractivity contribution in [1.82, 2.24) is 5.32 Å². The van der Waals surface area contributed by atoms with Gasteiger partial charge in [-0.1, -0.05) is 45.0 Å². The molecule has 1 atom stereocenters.